The monoisotopic (exact) mass is 480 g/mol. The molecule has 3 aliphatic heterocycles. The van der Waals surface area contributed by atoms with Gasteiger partial charge in [0.15, 0.2) is 0 Å². The Morgan fingerprint density at radius 2 is 1.92 bits per heavy atom. The second-order valence-electron chi connectivity index (χ2n) is 11.0. The summed E-state index contributed by atoms with van der Waals surface area (Å²) in [5.41, 5.74) is 5.34. The Morgan fingerprint density at radius 3 is 2.75 bits per heavy atom. The van der Waals surface area contributed by atoms with Gasteiger partial charge in [0.1, 0.15) is 0 Å². The highest BCUT2D eigenvalue weighted by molar-refractivity contribution is 6.25. The van der Waals surface area contributed by atoms with Crippen LogP contribution in [0.15, 0.2) is 48.5 Å². The van der Waals surface area contributed by atoms with Gasteiger partial charge in [0, 0.05) is 54.9 Å². The van der Waals surface area contributed by atoms with Crippen molar-refractivity contribution in [1.82, 2.24) is 10.2 Å². The third-order valence-corrected chi connectivity index (χ3v) is 8.95. The van der Waals surface area contributed by atoms with E-state index >= 15 is 0 Å². The molecule has 2 amide bonds. The van der Waals surface area contributed by atoms with Gasteiger partial charge in [0.05, 0.1) is 11.2 Å². The van der Waals surface area contributed by atoms with Crippen molar-refractivity contribution >= 4 is 34.0 Å². The Morgan fingerprint density at radius 1 is 1.06 bits per heavy atom. The molecule has 36 heavy (non-hydrogen) atoms. The van der Waals surface area contributed by atoms with Crippen molar-refractivity contribution < 1.29 is 9.59 Å². The number of nitrogens with one attached hydrogen (secondary N) is 1. The number of hydrogen-bond donors (Lipinski definition) is 1. The fraction of sp³-hybridized carbons (Fsp3) is 0.400. The van der Waals surface area contributed by atoms with Gasteiger partial charge in [-0.15, -0.1) is 0 Å². The average Bonchev–Trinajstić information content (AvgIpc) is 3.43. The van der Waals surface area contributed by atoms with Crippen LogP contribution in [0.25, 0.3) is 10.8 Å². The van der Waals surface area contributed by atoms with Gasteiger partial charge in [-0.05, 0) is 79.9 Å². The smallest absolute Gasteiger partial charge is 0.258 e. The molecule has 2 saturated heterocycles. The van der Waals surface area contributed by atoms with Crippen molar-refractivity contribution in [3.05, 3.63) is 70.8 Å². The highest BCUT2D eigenvalue weighted by atomic mass is 16.2. The van der Waals surface area contributed by atoms with Gasteiger partial charge in [0.25, 0.3) is 11.8 Å². The third kappa shape index (κ3) is 3.20. The molecule has 6 nitrogen and oxygen atoms in total. The molecule has 3 heterocycles. The number of amides is 2. The summed E-state index contributed by atoms with van der Waals surface area (Å²) >= 11 is 0. The van der Waals surface area contributed by atoms with Crippen molar-refractivity contribution in [1.29, 1.82) is 0 Å². The van der Waals surface area contributed by atoms with E-state index in [1.54, 1.807) is 4.90 Å². The van der Waals surface area contributed by atoms with Crippen molar-refractivity contribution in [3.63, 3.8) is 0 Å². The fourth-order valence-corrected chi connectivity index (χ4v) is 6.70. The Kier molecular flexibility index (Phi) is 4.74. The second kappa shape index (κ2) is 7.81. The summed E-state index contributed by atoms with van der Waals surface area (Å²) in [4.78, 5) is 33.2. The molecule has 0 spiro atoms. The van der Waals surface area contributed by atoms with E-state index in [2.05, 4.69) is 45.4 Å². The zero-order chi connectivity index (χ0) is 24.6. The Balaban J connectivity index is 1.19. The standard InChI is InChI=1S/C30H32N4O2/c1-19-8-9-20(34-16-15-33-14-4-5-21(33)18-34)17-24(19)28(35)31-30(12-13-30)25-10-11-26-27-22(25)6-3-7-23(27)29(36)32(26)2/h3,6-11,17,21H,4-5,12-16,18H2,1-2H3,(H,31,35). The highest BCUT2D eigenvalue weighted by Crippen LogP contribution is 2.50. The van der Waals surface area contributed by atoms with Gasteiger partial charge >= 0.3 is 0 Å². The van der Waals surface area contributed by atoms with Crippen LogP contribution in [0.1, 0.15) is 57.5 Å². The number of carbonyl (C=O) groups excluding carboxylic acids is 2. The molecule has 1 aliphatic carbocycles. The van der Waals surface area contributed by atoms with E-state index in [0.717, 1.165) is 76.9 Å². The average molecular weight is 481 g/mol. The van der Waals surface area contributed by atoms with Gasteiger partial charge in [-0.3, -0.25) is 14.5 Å². The molecule has 184 valence electrons. The molecule has 1 N–H and O–H groups in total. The van der Waals surface area contributed by atoms with Crippen LogP contribution in [0.5, 0.6) is 0 Å². The van der Waals surface area contributed by atoms with Gasteiger partial charge in [-0.25, -0.2) is 0 Å². The van der Waals surface area contributed by atoms with Gasteiger partial charge in [-0.2, -0.15) is 0 Å². The highest BCUT2D eigenvalue weighted by Gasteiger charge is 2.47. The Bertz CT molecular complexity index is 1430. The maximum atomic E-state index is 13.7. The molecule has 0 bridgehead atoms. The van der Waals surface area contributed by atoms with Crippen LogP contribution in [0, 0.1) is 6.92 Å². The van der Waals surface area contributed by atoms with E-state index < -0.39 is 0 Å². The molecule has 3 aromatic rings. The normalized spacial score (nSPS) is 22.3. The summed E-state index contributed by atoms with van der Waals surface area (Å²) in [5.74, 6) is 0.0234. The molecule has 0 aromatic heterocycles. The quantitative estimate of drug-likeness (QED) is 0.600. The van der Waals surface area contributed by atoms with Crippen molar-refractivity contribution in [3.8, 4) is 0 Å². The number of benzene rings is 3. The maximum absolute atomic E-state index is 13.7. The predicted octanol–water partition coefficient (Wildman–Crippen LogP) is 4.44. The summed E-state index contributed by atoms with van der Waals surface area (Å²) in [6, 6.07) is 17.1. The van der Waals surface area contributed by atoms with Gasteiger partial charge in [-0.1, -0.05) is 24.3 Å². The lowest BCUT2D eigenvalue weighted by Crippen LogP contribution is -2.50. The molecule has 1 saturated carbocycles. The number of nitrogens with zero attached hydrogens (tertiary/aromatic N) is 3. The first kappa shape index (κ1) is 21.9. The van der Waals surface area contributed by atoms with E-state index in [-0.39, 0.29) is 17.4 Å². The molecule has 3 aromatic carbocycles. The second-order valence-corrected chi connectivity index (χ2v) is 11.0. The maximum Gasteiger partial charge on any atom is 0.258 e. The predicted molar refractivity (Wildman–Crippen MR) is 143 cm³/mol. The summed E-state index contributed by atoms with van der Waals surface area (Å²) in [7, 11) is 1.83. The summed E-state index contributed by atoms with van der Waals surface area (Å²) in [6.45, 7) is 6.41. The van der Waals surface area contributed by atoms with Crippen LogP contribution in [0.3, 0.4) is 0 Å². The lowest BCUT2D eigenvalue weighted by atomic mass is 9.94. The van der Waals surface area contributed by atoms with Crippen LogP contribution < -0.4 is 15.1 Å². The Labute approximate surface area is 211 Å². The molecular weight excluding hydrogens is 448 g/mol. The van der Waals surface area contributed by atoms with Crippen LogP contribution in [0.4, 0.5) is 11.4 Å². The first-order chi connectivity index (χ1) is 17.4. The number of anilines is 2. The lowest BCUT2D eigenvalue weighted by Gasteiger charge is -2.39. The van der Waals surface area contributed by atoms with Crippen LogP contribution >= 0.6 is 0 Å². The Hall–Kier alpha value is -3.38. The number of piperazine rings is 1. The van der Waals surface area contributed by atoms with Crippen LogP contribution in [-0.4, -0.2) is 56.0 Å². The number of aryl methyl sites for hydroxylation is 1. The van der Waals surface area contributed by atoms with E-state index in [1.165, 1.54) is 19.4 Å². The van der Waals surface area contributed by atoms with E-state index in [4.69, 9.17) is 0 Å². The summed E-state index contributed by atoms with van der Waals surface area (Å²) in [5, 5.41) is 5.49. The topological polar surface area (TPSA) is 55.9 Å². The minimum atomic E-state index is -0.379. The molecule has 1 unspecified atom stereocenters. The third-order valence-electron chi connectivity index (χ3n) is 8.95. The number of rotatable bonds is 4. The van der Waals surface area contributed by atoms with E-state index in [1.807, 2.05) is 32.2 Å². The minimum Gasteiger partial charge on any atom is -0.369 e. The largest absolute Gasteiger partial charge is 0.369 e. The molecule has 1 atom stereocenters. The molecule has 3 fully saturated rings. The molecule has 4 aliphatic rings. The minimum absolute atomic E-state index is 0.0113. The molecule has 0 radical (unpaired) electrons. The van der Waals surface area contributed by atoms with Crippen molar-refractivity contribution in [2.75, 3.05) is 43.0 Å². The fourth-order valence-electron chi connectivity index (χ4n) is 6.70. The first-order valence-corrected chi connectivity index (χ1v) is 13.2. The van der Waals surface area contributed by atoms with Gasteiger partial charge < -0.3 is 15.1 Å². The zero-order valence-corrected chi connectivity index (χ0v) is 21.0. The number of hydrogen-bond acceptors (Lipinski definition) is 4. The summed E-state index contributed by atoms with van der Waals surface area (Å²) < 4.78 is 0. The molecule has 6 heteroatoms. The zero-order valence-electron chi connectivity index (χ0n) is 21.0. The number of fused-ring (bicyclic) bond motifs is 1. The lowest BCUT2D eigenvalue weighted by molar-refractivity contribution is 0.0929. The number of carbonyl (C=O) groups is 2. The van der Waals surface area contributed by atoms with Crippen LogP contribution in [-0.2, 0) is 5.54 Å². The first-order valence-electron chi connectivity index (χ1n) is 13.2. The van der Waals surface area contributed by atoms with E-state index in [0.29, 0.717) is 6.04 Å². The SMILES string of the molecule is Cc1ccc(N2CCN3CCCC3C2)cc1C(=O)NC1(c2ccc3c4c(cccc24)C(=O)N3C)CC1. The van der Waals surface area contributed by atoms with Crippen LogP contribution in [0.2, 0.25) is 0 Å². The van der Waals surface area contributed by atoms with Crippen molar-refractivity contribution in [2.24, 2.45) is 0 Å². The molecule has 7 rings (SSSR count). The summed E-state index contributed by atoms with van der Waals surface area (Å²) in [6.07, 6.45) is 4.38. The van der Waals surface area contributed by atoms with Crippen molar-refractivity contribution in [2.45, 2.75) is 44.2 Å². The van der Waals surface area contributed by atoms with Gasteiger partial charge in [0.2, 0.25) is 0 Å². The van der Waals surface area contributed by atoms with E-state index in [9.17, 15) is 9.59 Å². The molecular formula is C30H32N4O2.